The number of aryl methyl sites for hydroxylation is 2. The Morgan fingerprint density at radius 2 is 2.00 bits per heavy atom. The molecule has 2 rings (SSSR count). The van der Waals surface area contributed by atoms with Gasteiger partial charge in [-0.1, -0.05) is 30.3 Å². The summed E-state index contributed by atoms with van der Waals surface area (Å²) in [6, 6.07) is 9.34. The zero-order valence-electron chi connectivity index (χ0n) is 13.3. The molecule has 1 aromatic heterocycles. The van der Waals surface area contributed by atoms with Crippen molar-refractivity contribution in [2.75, 3.05) is 6.54 Å². The van der Waals surface area contributed by atoms with Gasteiger partial charge in [-0.3, -0.25) is 9.89 Å². The maximum Gasteiger partial charge on any atom is 0.220 e. The Bertz CT molecular complexity index is 613. The van der Waals surface area contributed by atoms with Crippen LogP contribution in [0.4, 0.5) is 0 Å². The van der Waals surface area contributed by atoms with E-state index < -0.39 is 5.60 Å². The summed E-state index contributed by atoms with van der Waals surface area (Å²) in [6.07, 6.45) is 1.03. The van der Waals surface area contributed by atoms with Crippen LogP contribution in [0.15, 0.2) is 30.3 Å². The van der Waals surface area contributed by atoms with E-state index >= 15 is 0 Å². The number of benzene rings is 1. The summed E-state index contributed by atoms with van der Waals surface area (Å²) in [4.78, 5) is 12.0. The second-order valence-electron chi connectivity index (χ2n) is 5.83. The van der Waals surface area contributed by atoms with E-state index in [1.165, 1.54) is 0 Å². The molecule has 5 nitrogen and oxygen atoms in total. The molecule has 0 saturated heterocycles. The summed E-state index contributed by atoms with van der Waals surface area (Å²) in [6.45, 7) is 5.77. The van der Waals surface area contributed by atoms with Gasteiger partial charge in [0.2, 0.25) is 5.91 Å². The van der Waals surface area contributed by atoms with E-state index in [4.69, 9.17) is 0 Å². The Labute approximate surface area is 130 Å². The van der Waals surface area contributed by atoms with Crippen molar-refractivity contribution in [2.24, 2.45) is 0 Å². The summed E-state index contributed by atoms with van der Waals surface area (Å²) < 4.78 is 0. The van der Waals surface area contributed by atoms with Crippen LogP contribution in [0, 0.1) is 13.8 Å². The van der Waals surface area contributed by atoms with Gasteiger partial charge in [0.15, 0.2) is 0 Å². The Balaban J connectivity index is 1.85. The van der Waals surface area contributed by atoms with Crippen molar-refractivity contribution < 1.29 is 9.90 Å². The zero-order chi connectivity index (χ0) is 16.2. The number of nitrogens with zero attached hydrogens (tertiary/aromatic N) is 1. The lowest BCUT2D eigenvalue weighted by Crippen LogP contribution is -2.38. The second-order valence-corrected chi connectivity index (χ2v) is 5.83. The van der Waals surface area contributed by atoms with E-state index in [0.717, 1.165) is 22.5 Å². The minimum Gasteiger partial charge on any atom is -0.384 e. The van der Waals surface area contributed by atoms with Crippen LogP contribution in [0.25, 0.3) is 0 Å². The summed E-state index contributed by atoms with van der Waals surface area (Å²) >= 11 is 0. The minimum absolute atomic E-state index is 0.0730. The maximum atomic E-state index is 12.0. The second kappa shape index (κ2) is 6.75. The van der Waals surface area contributed by atoms with Gasteiger partial charge in [-0.05, 0) is 38.3 Å². The predicted octanol–water partition coefficient (Wildman–Crippen LogP) is 1.98. The fourth-order valence-electron chi connectivity index (χ4n) is 2.44. The van der Waals surface area contributed by atoms with Crippen LogP contribution in [-0.2, 0) is 16.8 Å². The maximum absolute atomic E-state index is 12.0. The molecule has 0 fully saturated rings. The lowest BCUT2D eigenvalue weighted by atomic mass is 9.96. The quantitative estimate of drug-likeness (QED) is 0.763. The van der Waals surface area contributed by atoms with E-state index in [0.29, 0.717) is 12.8 Å². The van der Waals surface area contributed by atoms with Crippen LogP contribution in [0.2, 0.25) is 0 Å². The normalized spacial score (nSPS) is 13.6. The van der Waals surface area contributed by atoms with Crippen molar-refractivity contribution >= 4 is 5.91 Å². The molecule has 0 aliphatic heterocycles. The number of aromatic amines is 1. The molecule has 0 spiro atoms. The van der Waals surface area contributed by atoms with Crippen molar-refractivity contribution in [2.45, 2.75) is 39.2 Å². The first-order valence-electron chi connectivity index (χ1n) is 7.45. The standard InChI is InChI=1S/C17H23N3O2/c1-12-15(13(2)20-19-12)9-10-16(21)18-11-17(3,22)14-7-5-4-6-8-14/h4-8,22H,9-11H2,1-3H3,(H,18,21)(H,19,20). The molecule has 0 aliphatic rings. The van der Waals surface area contributed by atoms with E-state index in [9.17, 15) is 9.90 Å². The highest BCUT2D eigenvalue weighted by molar-refractivity contribution is 5.76. The van der Waals surface area contributed by atoms with Crippen LogP contribution in [0.3, 0.4) is 0 Å². The SMILES string of the molecule is Cc1n[nH]c(C)c1CCC(=O)NCC(C)(O)c1ccccc1. The molecule has 0 bridgehead atoms. The Hall–Kier alpha value is -2.14. The molecule has 118 valence electrons. The number of rotatable bonds is 6. The molecule has 1 aromatic carbocycles. The van der Waals surface area contributed by atoms with Gasteiger partial charge < -0.3 is 10.4 Å². The largest absolute Gasteiger partial charge is 0.384 e. The number of aromatic nitrogens is 2. The van der Waals surface area contributed by atoms with Crippen LogP contribution in [0.5, 0.6) is 0 Å². The van der Waals surface area contributed by atoms with Gasteiger partial charge in [-0.2, -0.15) is 5.10 Å². The monoisotopic (exact) mass is 301 g/mol. The fraction of sp³-hybridized carbons (Fsp3) is 0.412. The van der Waals surface area contributed by atoms with Crippen molar-refractivity contribution in [3.63, 3.8) is 0 Å². The number of nitrogens with one attached hydrogen (secondary N) is 2. The third kappa shape index (κ3) is 3.95. The molecular formula is C17H23N3O2. The predicted molar refractivity (Wildman–Crippen MR) is 85.4 cm³/mol. The Morgan fingerprint density at radius 1 is 1.32 bits per heavy atom. The zero-order valence-corrected chi connectivity index (χ0v) is 13.3. The fourth-order valence-corrected chi connectivity index (χ4v) is 2.44. The molecule has 1 unspecified atom stereocenters. The van der Waals surface area contributed by atoms with Gasteiger partial charge in [0, 0.05) is 12.1 Å². The molecule has 0 saturated carbocycles. The number of H-pyrrole nitrogens is 1. The Morgan fingerprint density at radius 3 is 2.59 bits per heavy atom. The van der Waals surface area contributed by atoms with Crippen molar-refractivity contribution in [1.82, 2.24) is 15.5 Å². The highest BCUT2D eigenvalue weighted by Gasteiger charge is 2.23. The number of carbonyl (C=O) groups is 1. The lowest BCUT2D eigenvalue weighted by Gasteiger charge is -2.24. The third-order valence-electron chi connectivity index (χ3n) is 3.91. The topological polar surface area (TPSA) is 78.0 Å². The molecule has 1 amide bonds. The van der Waals surface area contributed by atoms with E-state index in [-0.39, 0.29) is 12.5 Å². The number of hydrogen-bond donors (Lipinski definition) is 3. The van der Waals surface area contributed by atoms with Crippen LogP contribution < -0.4 is 5.32 Å². The molecular weight excluding hydrogens is 278 g/mol. The molecule has 5 heteroatoms. The van der Waals surface area contributed by atoms with Crippen LogP contribution in [0.1, 0.15) is 35.9 Å². The van der Waals surface area contributed by atoms with Gasteiger partial charge in [0.1, 0.15) is 5.60 Å². The molecule has 1 heterocycles. The van der Waals surface area contributed by atoms with Crippen molar-refractivity contribution in [1.29, 1.82) is 0 Å². The minimum atomic E-state index is -1.07. The molecule has 0 aliphatic carbocycles. The van der Waals surface area contributed by atoms with Gasteiger partial charge in [-0.25, -0.2) is 0 Å². The summed E-state index contributed by atoms with van der Waals surface area (Å²) in [7, 11) is 0. The average molecular weight is 301 g/mol. The van der Waals surface area contributed by atoms with Gasteiger partial charge in [0.05, 0.1) is 12.2 Å². The van der Waals surface area contributed by atoms with Gasteiger partial charge in [-0.15, -0.1) is 0 Å². The molecule has 0 radical (unpaired) electrons. The van der Waals surface area contributed by atoms with Crippen molar-refractivity contribution in [3.8, 4) is 0 Å². The van der Waals surface area contributed by atoms with Crippen LogP contribution >= 0.6 is 0 Å². The number of carbonyl (C=O) groups excluding carboxylic acids is 1. The Kier molecular flexibility index (Phi) is 4.98. The summed E-state index contributed by atoms with van der Waals surface area (Å²) in [5.41, 5.74) is 2.74. The molecule has 2 aromatic rings. The van der Waals surface area contributed by atoms with E-state index in [1.807, 2.05) is 44.2 Å². The summed E-state index contributed by atoms with van der Waals surface area (Å²) in [5, 5.41) is 20.3. The number of hydrogen-bond acceptors (Lipinski definition) is 3. The highest BCUT2D eigenvalue weighted by atomic mass is 16.3. The number of amides is 1. The first kappa shape index (κ1) is 16.2. The average Bonchev–Trinajstić information content (AvgIpc) is 2.83. The van der Waals surface area contributed by atoms with E-state index in [1.54, 1.807) is 6.92 Å². The van der Waals surface area contributed by atoms with Crippen LogP contribution in [-0.4, -0.2) is 27.8 Å². The van der Waals surface area contributed by atoms with Gasteiger partial charge >= 0.3 is 0 Å². The number of aliphatic hydroxyl groups is 1. The molecule has 22 heavy (non-hydrogen) atoms. The lowest BCUT2D eigenvalue weighted by molar-refractivity contribution is -0.122. The summed E-state index contributed by atoms with van der Waals surface area (Å²) in [5.74, 6) is -0.0730. The smallest absolute Gasteiger partial charge is 0.220 e. The van der Waals surface area contributed by atoms with Crippen molar-refractivity contribution in [3.05, 3.63) is 52.8 Å². The van der Waals surface area contributed by atoms with Gasteiger partial charge in [0.25, 0.3) is 0 Å². The first-order valence-corrected chi connectivity index (χ1v) is 7.45. The van der Waals surface area contributed by atoms with E-state index in [2.05, 4.69) is 15.5 Å². The first-order chi connectivity index (χ1) is 10.4. The molecule has 1 atom stereocenters. The third-order valence-corrected chi connectivity index (χ3v) is 3.91. The molecule has 3 N–H and O–H groups in total. The highest BCUT2D eigenvalue weighted by Crippen LogP contribution is 2.19.